The van der Waals surface area contributed by atoms with Crippen molar-refractivity contribution in [2.24, 2.45) is 0 Å². The highest BCUT2D eigenvalue weighted by atomic mass is 16.6. The maximum atomic E-state index is 12.9. The second kappa shape index (κ2) is 12.7. The van der Waals surface area contributed by atoms with Crippen molar-refractivity contribution in [3.63, 3.8) is 0 Å². The Morgan fingerprint density at radius 1 is 1.08 bits per heavy atom. The van der Waals surface area contributed by atoms with Gasteiger partial charge in [0.2, 0.25) is 11.8 Å². The van der Waals surface area contributed by atoms with E-state index in [9.17, 15) is 19.2 Å². The third-order valence-corrected chi connectivity index (χ3v) is 5.64. The van der Waals surface area contributed by atoms with Crippen LogP contribution in [0.1, 0.15) is 56.0 Å². The Kier molecular flexibility index (Phi) is 9.65. The van der Waals surface area contributed by atoms with Crippen LogP contribution in [0.25, 0.3) is 0 Å². The van der Waals surface area contributed by atoms with Crippen LogP contribution >= 0.6 is 0 Å². The molecule has 0 saturated carbocycles. The number of benzene rings is 1. The number of rotatable bonds is 12. The molecule has 2 heterocycles. The summed E-state index contributed by atoms with van der Waals surface area (Å²) in [4.78, 5) is 49.6. The van der Waals surface area contributed by atoms with Crippen molar-refractivity contribution in [2.45, 2.75) is 58.2 Å². The largest absolute Gasteiger partial charge is 0.444 e. The van der Waals surface area contributed by atoms with E-state index >= 15 is 0 Å². The fourth-order valence-corrected chi connectivity index (χ4v) is 4.02. The molecule has 36 heavy (non-hydrogen) atoms. The van der Waals surface area contributed by atoms with Crippen molar-refractivity contribution in [3.8, 4) is 0 Å². The van der Waals surface area contributed by atoms with Crippen molar-refractivity contribution >= 4 is 29.5 Å². The average Bonchev–Trinajstić information content (AvgIpc) is 3.13. The molecule has 11 nitrogen and oxygen atoms in total. The zero-order valence-corrected chi connectivity index (χ0v) is 21.2. The molecule has 1 unspecified atom stereocenters. The Morgan fingerprint density at radius 3 is 2.50 bits per heavy atom. The molecular weight excluding hydrogens is 468 g/mol. The molecule has 1 saturated heterocycles. The SMILES string of the molecule is CC(C)(C)OC(=O)NCCOCCCOCCNc1cccc2c1CN(C1CCC(=O)NC1=O)C2=O. The number of nitrogens with zero attached hydrogens (tertiary/aromatic N) is 1. The molecule has 1 atom stereocenters. The van der Waals surface area contributed by atoms with E-state index in [1.807, 2.05) is 32.9 Å². The summed E-state index contributed by atoms with van der Waals surface area (Å²) in [5.74, 6) is -0.913. The molecule has 0 radical (unpaired) electrons. The van der Waals surface area contributed by atoms with Crippen molar-refractivity contribution in [2.75, 3.05) is 44.8 Å². The number of piperidine rings is 1. The summed E-state index contributed by atoms with van der Waals surface area (Å²) < 4.78 is 16.3. The summed E-state index contributed by atoms with van der Waals surface area (Å²) in [6.07, 6.45) is 0.833. The number of alkyl carbamates (subject to hydrolysis) is 1. The number of fused-ring (bicyclic) bond motifs is 1. The van der Waals surface area contributed by atoms with Crippen molar-refractivity contribution in [1.29, 1.82) is 0 Å². The molecule has 198 valence electrons. The van der Waals surface area contributed by atoms with E-state index in [0.717, 1.165) is 17.7 Å². The number of amides is 4. The van der Waals surface area contributed by atoms with Gasteiger partial charge in [-0.3, -0.25) is 19.7 Å². The van der Waals surface area contributed by atoms with Crippen LogP contribution in [0.15, 0.2) is 18.2 Å². The van der Waals surface area contributed by atoms with Crippen LogP contribution in [0.2, 0.25) is 0 Å². The third kappa shape index (κ3) is 7.92. The number of nitrogens with one attached hydrogen (secondary N) is 3. The van der Waals surface area contributed by atoms with Gasteiger partial charge in [0.15, 0.2) is 0 Å². The normalized spacial score (nSPS) is 17.6. The van der Waals surface area contributed by atoms with Gasteiger partial charge in [0.25, 0.3) is 5.91 Å². The Morgan fingerprint density at radius 2 is 1.81 bits per heavy atom. The van der Waals surface area contributed by atoms with Crippen LogP contribution in [0.5, 0.6) is 0 Å². The molecule has 0 aliphatic carbocycles. The van der Waals surface area contributed by atoms with Gasteiger partial charge < -0.3 is 29.7 Å². The lowest BCUT2D eigenvalue weighted by Gasteiger charge is -2.29. The maximum Gasteiger partial charge on any atom is 0.407 e. The van der Waals surface area contributed by atoms with Gasteiger partial charge in [-0.05, 0) is 45.7 Å². The molecule has 0 bridgehead atoms. The molecule has 1 aromatic carbocycles. The third-order valence-electron chi connectivity index (χ3n) is 5.64. The maximum absolute atomic E-state index is 12.9. The molecule has 3 rings (SSSR count). The second-order valence-electron chi connectivity index (χ2n) is 9.67. The Bertz CT molecular complexity index is 960. The first-order valence-electron chi connectivity index (χ1n) is 12.3. The first-order valence-corrected chi connectivity index (χ1v) is 12.3. The predicted octanol–water partition coefficient (Wildman–Crippen LogP) is 1.81. The molecule has 0 spiro atoms. The smallest absolute Gasteiger partial charge is 0.407 e. The minimum atomic E-state index is -0.630. The minimum Gasteiger partial charge on any atom is -0.444 e. The zero-order chi connectivity index (χ0) is 26.1. The van der Waals surface area contributed by atoms with E-state index in [2.05, 4.69) is 16.0 Å². The number of hydrogen-bond donors (Lipinski definition) is 3. The summed E-state index contributed by atoms with van der Waals surface area (Å²) in [7, 11) is 0. The van der Waals surface area contributed by atoms with Gasteiger partial charge in [0, 0.05) is 56.1 Å². The topological polar surface area (TPSA) is 135 Å². The molecule has 0 aromatic heterocycles. The fraction of sp³-hybridized carbons (Fsp3) is 0.600. The number of carbonyl (C=O) groups excluding carboxylic acids is 4. The van der Waals surface area contributed by atoms with E-state index < -0.39 is 23.6 Å². The van der Waals surface area contributed by atoms with Crippen LogP contribution in [-0.4, -0.2) is 79.9 Å². The molecule has 11 heteroatoms. The van der Waals surface area contributed by atoms with Gasteiger partial charge in [0.05, 0.1) is 13.2 Å². The summed E-state index contributed by atoms with van der Waals surface area (Å²) >= 11 is 0. The summed E-state index contributed by atoms with van der Waals surface area (Å²) in [5.41, 5.74) is 1.73. The van der Waals surface area contributed by atoms with Gasteiger partial charge in [-0.1, -0.05) is 6.07 Å². The van der Waals surface area contributed by atoms with Crippen LogP contribution in [0.3, 0.4) is 0 Å². The number of hydrogen-bond acceptors (Lipinski definition) is 8. The first kappa shape index (κ1) is 27.4. The number of ether oxygens (including phenoxy) is 3. The zero-order valence-electron chi connectivity index (χ0n) is 21.2. The molecular formula is C25H36N4O7. The molecule has 1 aromatic rings. The van der Waals surface area contributed by atoms with E-state index in [-0.39, 0.29) is 18.2 Å². The predicted molar refractivity (Wildman–Crippen MR) is 131 cm³/mol. The van der Waals surface area contributed by atoms with Gasteiger partial charge in [-0.25, -0.2) is 4.79 Å². The standard InChI is InChI=1S/C25H36N4O7/c1-25(2,3)36-24(33)27-11-15-35-13-5-12-34-14-10-26-19-7-4-6-17-18(19)16-29(23(17)32)20-8-9-21(30)28-22(20)31/h4,6-7,20,26H,5,8-16H2,1-3H3,(H,27,33)(H,28,30,31). The van der Waals surface area contributed by atoms with Gasteiger partial charge in [0.1, 0.15) is 11.6 Å². The summed E-state index contributed by atoms with van der Waals surface area (Å²) in [5, 5.41) is 8.27. The van der Waals surface area contributed by atoms with E-state index in [1.165, 1.54) is 4.90 Å². The summed E-state index contributed by atoms with van der Waals surface area (Å²) in [6, 6.07) is 4.84. The second-order valence-corrected chi connectivity index (χ2v) is 9.67. The minimum absolute atomic E-state index is 0.194. The van der Waals surface area contributed by atoms with Crippen LogP contribution in [0.4, 0.5) is 10.5 Å². The lowest BCUT2D eigenvalue weighted by molar-refractivity contribution is -0.136. The molecule has 4 amide bonds. The molecule has 2 aliphatic rings. The van der Waals surface area contributed by atoms with E-state index in [1.54, 1.807) is 6.07 Å². The van der Waals surface area contributed by atoms with Crippen molar-refractivity contribution in [3.05, 3.63) is 29.3 Å². The van der Waals surface area contributed by atoms with Crippen LogP contribution < -0.4 is 16.0 Å². The average molecular weight is 505 g/mol. The lowest BCUT2D eigenvalue weighted by atomic mass is 10.0. The Balaban J connectivity index is 1.29. The number of imide groups is 1. The Labute approximate surface area is 211 Å². The Hall–Kier alpha value is -3.18. The van der Waals surface area contributed by atoms with Gasteiger partial charge in [-0.2, -0.15) is 0 Å². The lowest BCUT2D eigenvalue weighted by Crippen LogP contribution is -2.52. The van der Waals surface area contributed by atoms with Crippen LogP contribution in [0, 0.1) is 0 Å². The first-order chi connectivity index (χ1) is 17.2. The van der Waals surface area contributed by atoms with Crippen molar-refractivity contribution < 1.29 is 33.4 Å². The summed E-state index contributed by atoms with van der Waals surface area (Å²) in [6.45, 7) is 8.63. The number of carbonyl (C=O) groups is 4. The quantitative estimate of drug-likeness (QED) is 0.290. The molecule has 1 fully saturated rings. The molecule has 3 N–H and O–H groups in total. The van der Waals surface area contributed by atoms with Gasteiger partial charge in [-0.15, -0.1) is 0 Å². The highest BCUT2D eigenvalue weighted by Gasteiger charge is 2.39. The van der Waals surface area contributed by atoms with Crippen LogP contribution in [-0.2, 0) is 30.3 Å². The fourth-order valence-electron chi connectivity index (χ4n) is 4.02. The number of anilines is 1. The highest BCUT2D eigenvalue weighted by molar-refractivity contribution is 6.06. The highest BCUT2D eigenvalue weighted by Crippen LogP contribution is 2.32. The van der Waals surface area contributed by atoms with Gasteiger partial charge >= 0.3 is 6.09 Å². The van der Waals surface area contributed by atoms with E-state index in [0.29, 0.717) is 58.0 Å². The van der Waals surface area contributed by atoms with E-state index in [4.69, 9.17) is 14.2 Å². The van der Waals surface area contributed by atoms with Crippen molar-refractivity contribution in [1.82, 2.24) is 15.5 Å². The molecule has 2 aliphatic heterocycles. The monoisotopic (exact) mass is 504 g/mol.